The topological polar surface area (TPSA) is 61.5 Å². The van der Waals surface area contributed by atoms with Gasteiger partial charge in [0.2, 0.25) is 5.91 Å². The summed E-state index contributed by atoms with van der Waals surface area (Å²) in [6.45, 7) is 2.68. The molecule has 6 heteroatoms. The van der Waals surface area contributed by atoms with Gasteiger partial charge in [0, 0.05) is 37.1 Å². The standard InChI is InChI=1S/C28H28N4O2/c1-34-27-10-6-5-9-23(27)16-28(33)32-14-13-31(19-25-17-29-20-30-25)26-12-11-22(15-24(26)18-32)21-7-3-2-4-8-21/h2-12,15,17,20H,13-14,16,18-19H2,1H3,(H,29,30). The first-order valence-corrected chi connectivity index (χ1v) is 11.5. The molecule has 0 unspecified atom stereocenters. The zero-order chi connectivity index (χ0) is 23.3. The van der Waals surface area contributed by atoms with Crippen molar-refractivity contribution in [2.24, 2.45) is 0 Å². The summed E-state index contributed by atoms with van der Waals surface area (Å²) in [4.78, 5) is 25.1. The van der Waals surface area contributed by atoms with E-state index in [1.807, 2.05) is 41.4 Å². The SMILES string of the molecule is COc1ccccc1CC(=O)N1CCN(Cc2cnc[nH]2)c2ccc(-c3ccccc3)cc2C1. The van der Waals surface area contributed by atoms with Crippen LogP contribution in [0, 0.1) is 0 Å². The molecule has 34 heavy (non-hydrogen) atoms. The van der Waals surface area contributed by atoms with Gasteiger partial charge in [0.25, 0.3) is 0 Å². The van der Waals surface area contributed by atoms with E-state index in [1.54, 1.807) is 13.4 Å². The largest absolute Gasteiger partial charge is 0.496 e. The number of hydrogen-bond acceptors (Lipinski definition) is 4. The Labute approximate surface area is 199 Å². The number of imidazole rings is 1. The molecule has 1 aliphatic heterocycles. The molecule has 1 N–H and O–H groups in total. The molecule has 0 spiro atoms. The first-order chi connectivity index (χ1) is 16.7. The van der Waals surface area contributed by atoms with Crippen LogP contribution in [0.1, 0.15) is 16.8 Å². The van der Waals surface area contributed by atoms with Crippen LogP contribution in [0.2, 0.25) is 0 Å². The van der Waals surface area contributed by atoms with Gasteiger partial charge in [-0.2, -0.15) is 0 Å². The van der Waals surface area contributed by atoms with Gasteiger partial charge in [0.05, 0.1) is 32.1 Å². The molecule has 2 heterocycles. The number of methoxy groups -OCH3 is 1. The van der Waals surface area contributed by atoms with Crippen molar-refractivity contribution in [1.29, 1.82) is 0 Å². The fraction of sp³-hybridized carbons (Fsp3) is 0.214. The number of nitrogens with one attached hydrogen (secondary N) is 1. The Morgan fingerprint density at radius 2 is 1.82 bits per heavy atom. The van der Waals surface area contributed by atoms with Crippen molar-refractivity contribution < 1.29 is 9.53 Å². The Bertz CT molecular complexity index is 1250. The van der Waals surface area contributed by atoms with Crippen molar-refractivity contribution in [2.45, 2.75) is 19.5 Å². The highest BCUT2D eigenvalue weighted by atomic mass is 16.5. The molecule has 1 amide bonds. The summed E-state index contributed by atoms with van der Waals surface area (Å²) in [5, 5.41) is 0. The Balaban J connectivity index is 1.45. The van der Waals surface area contributed by atoms with Gasteiger partial charge < -0.3 is 19.5 Å². The molecule has 0 saturated carbocycles. The Kier molecular flexibility index (Phi) is 6.29. The maximum absolute atomic E-state index is 13.4. The van der Waals surface area contributed by atoms with E-state index >= 15 is 0 Å². The number of ether oxygens (including phenoxy) is 1. The summed E-state index contributed by atoms with van der Waals surface area (Å²) < 4.78 is 5.47. The molecule has 1 aliphatic rings. The van der Waals surface area contributed by atoms with Gasteiger partial charge in [-0.3, -0.25) is 4.79 Å². The number of amides is 1. The fourth-order valence-electron chi connectivity index (χ4n) is 4.55. The number of carbonyl (C=O) groups is 1. The van der Waals surface area contributed by atoms with Crippen LogP contribution in [-0.4, -0.2) is 41.0 Å². The predicted molar refractivity (Wildman–Crippen MR) is 134 cm³/mol. The van der Waals surface area contributed by atoms with Crippen molar-refractivity contribution >= 4 is 11.6 Å². The molecule has 0 radical (unpaired) electrons. The van der Waals surface area contributed by atoms with Crippen molar-refractivity contribution in [3.63, 3.8) is 0 Å². The van der Waals surface area contributed by atoms with Gasteiger partial charge in [-0.1, -0.05) is 54.6 Å². The minimum atomic E-state index is 0.101. The predicted octanol–water partition coefficient (Wildman–Crippen LogP) is 4.68. The van der Waals surface area contributed by atoms with Gasteiger partial charge >= 0.3 is 0 Å². The molecular weight excluding hydrogens is 424 g/mol. The summed E-state index contributed by atoms with van der Waals surface area (Å²) >= 11 is 0. The minimum Gasteiger partial charge on any atom is -0.496 e. The van der Waals surface area contributed by atoms with Crippen molar-refractivity contribution in [1.82, 2.24) is 14.9 Å². The van der Waals surface area contributed by atoms with E-state index in [0.717, 1.165) is 40.4 Å². The Hall–Kier alpha value is -4.06. The van der Waals surface area contributed by atoms with E-state index in [2.05, 4.69) is 57.3 Å². The number of aromatic nitrogens is 2. The van der Waals surface area contributed by atoms with Crippen molar-refractivity contribution in [3.05, 3.63) is 102 Å². The molecule has 0 bridgehead atoms. The zero-order valence-corrected chi connectivity index (χ0v) is 19.3. The average Bonchev–Trinajstić information content (AvgIpc) is 3.32. The maximum atomic E-state index is 13.4. The smallest absolute Gasteiger partial charge is 0.227 e. The lowest BCUT2D eigenvalue weighted by atomic mass is 10.0. The van der Waals surface area contributed by atoms with Crippen molar-refractivity contribution in [3.8, 4) is 16.9 Å². The number of anilines is 1. The molecule has 3 aromatic carbocycles. The Morgan fingerprint density at radius 1 is 1.00 bits per heavy atom. The molecule has 4 aromatic rings. The van der Waals surface area contributed by atoms with Gasteiger partial charge in [-0.25, -0.2) is 4.98 Å². The first kappa shape index (κ1) is 21.8. The van der Waals surface area contributed by atoms with Crippen LogP contribution in [0.3, 0.4) is 0 Å². The van der Waals surface area contributed by atoms with E-state index in [9.17, 15) is 4.79 Å². The molecule has 0 atom stereocenters. The second-order valence-electron chi connectivity index (χ2n) is 8.51. The second kappa shape index (κ2) is 9.83. The third kappa shape index (κ3) is 4.66. The molecule has 0 saturated heterocycles. The van der Waals surface area contributed by atoms with E-state index in [1.165, 1.54) is 5.56 Å². The van der Waals surface area contributed by atoms with Gasteiger partial charge in [-0.05, 0) is 34.9 Å². The highest BCUT2D eigenvalue weighted by molar-refractivity contribution is 5.80. The first-order valence-electron chi connectivity index (χ1n) is 11.5. The number of carbonyl (C=O) groups excluding carboxylic acids is 1. The number of para-hydroxylation sites is 1. The van der Waals surface area contributed by atoms with Crippen molar-refractivity contribution in [2.75, 3.05) is 25.1 Å². The van der Waals surface area contributed by atoms with Crippen LogP contribution in [0.5, 0.6) is 5.75 Å². The highest BCUT2D eigenvalue weighted by Crippen LogP contribution is 2.31. The summed E-state index contributed by atoms with van der Waals surface area (Å²) in [5.41, 5.74) is 6.58. The second-order valence-corrected chi connectivity index (χ2v) is 8.51. The zero-order valence-electron chi connectivity index (χ0n) is 19.3. The molecule has 172 valence electrons. The lowest BCUT2D eigenvalue weighted by molar-refractivity contribution is -0.130. The number of benzene rings is 3. The summed E-state index contributed by atoms with van der Waals surface area (Å²) in [5.74, 6) is 0.849. The highest BCUT2D eigenvalue weighted by Gasteiger charge is 2.24. The van der Waals surface area contributed by atoms with Crippen LogP contribution in [0.15, 0.2) is 85.3 Å². The van der Waals surface area contributed by atoms with Crippen LogP contribution in [-0.2, 0) is 24.3 Å². The van der Waals surface area contributed by atoms with Crippen LogP contribution < -0.4 is 9.64 Å². The number of hydrogen-bond donors (Lipinski definition) is 1. The average molecular weight is 453 g/mol. The molecule has 5 rings (SSSR count). The maximum Gasteiger partial charge on any atom is 0.227 e. The number of rotatable bonds is 6. The van der Waals surface area contributed by atoms with E-state index in [-0.39, 0.29) is 5.91 Å². The fourth-order valence-corrected chi connectivity index (χ4v) is 4.55. The van der Waals surface area contributed by atoms with Crippen LogP contribution >= 0.6 is 0 Å². The van der Waals surface area contributed by atoms with Gasteiger partial charge in [-0.15, -0.1) is 0 Å². The molecule has 1 aromatic heterocycles. The monoisotopic (exact) mass is 452 g/mol. The van der Waals surface area contributed by atoms with E-state index in [4.69, 9.17) is 4.74 Å². The molecule has 6 nitrogen and oxygen atoms in total. The molecule has 0 aliphatic carbocycles. The van der Waals surface area contributed by atoms with Gasteiger partial charge in [0.15, 0.2) is 0 Å². The Morgan fingerprint density at radius 3 is 2.62 bits per heavy atom. The lowest BCUT2D eigenvalue weighted by Gasteiger charge is -2.24. The summed E-state index contributed by atoms with van der Waals surface area (Å²) in [7, 11) is 1.64. The quantitative estimate of drug-likeness (QED) is 0.462. The van der Waals surface area contributed by atoms with Crippen LogP contribution in [0.4, 0.5) is 5.69 Å². The van der Waals surface area contributed by atoms with E-state index in [0.29, 0.717) is 26.1 Å². The number of aromatic amines is 1. The van der Waals surface area contributed by atoms with Gasteiger partial charge in [0.1, 0.15) is 5.75 Å². The summed E-state index contributed by atoms with van der Waals surface area (Å²) in [6.07, 6.45) is 3.88. The summed E-state index contributed by atoms with van der Waals surface area (Å²) in [6, 6.07) is 24.7. The normalized spacial score (nSPS) is 13.3. The van der Waals surface area contributed by atoms with Crippen LogP contribution in [0.25, 0.3) is 11.1 Å². The lowest BCUT2D eigenvalue weighted by Crippen LogP contribution is -2.36. The molecular formula is C28H28N4O2. The third-order valence-corrected chi connectivity index (χ3v) is 6.33. The minimum absolute atomic E-state index is 0.101. The number of fused-ring (bicyclic) bond motifs is 1. The third-order valence-electron chi connectivity index (χ3n) is 6.33. The number of nitrogens with zero attached hydrogens (tertiary/aromatic N) is 3. The van der Waals surface area contributed by atoms with E-state index < -0.39 is 0 Å². The number of H-pyrrole nitrogens is 1. The molecule has 0 fully saturated rings.